The number of likely N-dealkylation sites (N-methyl/N-ethyl adjacent to an activating group) is 1. The second-order valence-electron chi connectivity index (χ2n) is 7.19. The van der Waals surface area contributed by atoms with Crippen molar-refractivity contribution in [2.24, 2.45) is 0 Å². The lowest BCUT2D eigenvalue weighted by molar-refractivity contribution is -0.115. The Bertz CT molecular complexity index is 830. The Kier molecular flexibility index (Phi) is 6.41. The number of ether oxygens (including phenoxy) is 2. The van der Waals surface area contributed by atoms with E-state index in [1.807, 2.05) is 24.3 Å². The van der Waals surface area contributed by atoms with Gasteiger partial charge in [0.1, 0.15) is 11.5 Å². The zero-order valence-electron chi connectivity index (χ0n) is 17.1. The average Bonchev–Trinajstić information content (AvgIpc) is 2.69. The monoisotopic (exact) mass is 383 g/mol. The zero-order chi connectivity index (χ0) is 20.1. The van der Waals surface area contributed by atoms with Gasteiger partial charge >= 0.3 is 0 Å². The molecule has 2 aromatic rings. The lowest BCUT2D eigenvalue weighted by atomic mass is 10.1. The lowest BCUT2D eigenvalue weighted by Crippen LogP contribution is -2.44. The molecule has 1 amide bonds. The Balaban J connectivity index is 1.65. The number of nitrogens with zero attached hydrogens (tertiary/aromatic N) is 2. The molecule has 1 fully saturated rings. The van der Waals surface area contributed by atoms with Crippen molar-refractivity contribution in [1.29, 1.82) is 0 Å². The minimum Gasteiger partial charge on any atom is -0.497 e. The number of hydrogen-bond acceptors (Lipinski definition) is 5. The molecule has 28 heavy (non-hydrogen) atoms. The molecule has 150 valence electrons. The maximum Gasteiger partial charge on any atom is 0.228 e. The fraction of sp³-hybridized carbons (Fsp3) is 0.409. The summed E-state index contributed by atoms with van der Waals surface area (Å²) in [5.41, 5.74) is 4.05. The van der Waals surface area contributed by atoms with Gasteiger partial charge in [-0.05, 0) is 43.8 Å². The van der Waals surface area contributed by atoms with Crippen LogP contribution in [0.1, 0.15) is 11.1 Å². The van der Waals surface area contributed by atoms with E-state index < -0.39 is 0 Å². The summed E-state index contributed by atoms with van der Waals surface area (Å²) >= 11 is 0. The molecule has 1 aliphatic rings. The summed E-state index contributed by atoms with van der Waals surface area (Å²) in [6.45, 7) is 6.29. The van der Waals surface area contributed by atoms with E-state index in [0.717, 1.165) is 37.4 Å². The molecule has 1 saturated heterocycles. The summed E-state index contributed by atoms with van der Waals surface area (Å²) in [5, 5.41) is 3.00. The molecule has 0 spiro atoms. The van der Waals surface area contributed by atoms with Crippen molar-refractivity contribution in [3.05, 3.63) is 47.5 Å². The molecule has 1 aliphatic heterocycles. The number of amides is 1. The van der Waals surface area contributed by atoms with Gasteiger partial charge < -0.3 is 24.6 Å². The number of aryl methyl sites for hydroxylation is 1. The lowest BCUT2D eigenvalue weighted by Gasteiger charge is -2.35. The van der Waals surface area contributed by atoms with Gasteiger partial charge in [0.05, 0.1) is 20.6 Å². The maximum atomic E-state index is 12.5. The Morgan fingerprint density at radius 3 is 2.43 bits per heavy atom. The summed E-state index contributed by atoms with van der Waals surface area (Å²) in [5.74, 6) is 1.28. The number of anilines is 2. The van der Waals surface area contributed by atoms with Crippen molar-refractivity contribution in [2.75, 3.05) is 57.7 Å². The molecule has 1 heterocycles. The molecule has 6 heteroatoms. The van der Waals surface area contributed by atoms with Gasteiger partial charge in [-0.15, -0.1) is 0 Å². The van der Waals surface area contributed by atoms with Gasteiger partial charge in [0.25, 0.3) is 0 Å². The summed E-state index contributed by atoms with van der Waals surface area (Å²) in [7, 11) is 5.35. The highest BCUT2D eigenvalue weighted by molar-refractivity contribution is 5.93. The van der Waals surface area contributed by atoms with Crippen LogP contribution < -0.4 is 19.7 Å². The van der Waals surface area contributed by atoms with Crippen molar-refractivity contribution >= 4 is 17.3 Å². The van der Waals surface area contributed by atoms with Crippen LogP contribution in [0.4, 0.5) is 11.4 Å². The minimum absolute atomic E-state index is 0.0739. The van der Waals surface area contributed by atoms with Gasteiger partial charge in [-0.1, -0.05) is 6.07 Å². The Morgan fingerprint density at radius 2 is 1.79 bits per heavy atom. The highest BCUT2D eigenvalue weighted by atomic mass is 16.5. The van der Waals surface area contributed by atoms with E-state index in [-0.39, 0.29) is 12.3 Å². The SMILES string of the molecule is COc1ccc(CC(=O)Nc2ccc(N3CCN(C)CC3)c(C)c2)c(OC)c1. The fourth-order valence-electron chi connectivity index (χ4n) is 3.51. The van der Waals surface area contributed by atoms with E-state index in [0.29, 0.717) is 11.5 Å². The Labute approximate surface area is 167 Å². The maximum absolute atomic E-state index is 12.5. The second-order valence-corrected chi connectivity index (χ2v) is 7.19. The van der Waals surface area contributed by atoms with Crippen LogP contribution in [-0.4, -0.2) is 58.3 Å². The van der Waals surface area contributed by atoms with E-state index in [1.54, 1.807) is 20.3 Å². The van der Waals surface area contributed by atoms with Crippen molar-refractivity contribution in [2.45, 2.75) is 13.3 Å². The summed E-state index contributed by atoms with van der Waals surface area (Å²) in [6, 6.07) is 11.6. The molecule has 0 atom stereocenters. The van der Waals surface area contributed by atoms with Gasteiger partial charge in [0, 0.05) is 49.2 Å². The van der Waals surface area contributed by atoms with Crippen LogP contribution >= 0.6 is 0 Å². The molecule has 0 aliphatic carbocycles. The number of rotatable bonds is 6. The summed E-state index contributed by atoms with van der Waals surface area (Å²) in [6.07, 6.45) is 0.242. The van der Waals surface area contributed by atoms with Crippen LogP contribution in [0, 0.1) is 6.92 Å². The van der Waals surface area contributed by atoms with E-state index in [4.69, 9.17) is 9.47 Å². The first-order valence-electron chi connectivity index (χ1n) is 9.55. The minimum atomic E-state index is -0.0739. The number of hydrogen-bond donors (Lipinski definition) is 1. The molecule has 3 rings (SSSR count). The quantitative estimate of drug-likeness (QED) is 0.831. The Hall–Kier alpha value is -2.73. The van der Waals surface area contributed by atoms with Crippen molar-refractivity contribution < 1.29 is 14.3 Å². The topological polar surface area (TPSA) is 54.0 Å². The zero-order valence-corrected chi connectivity index (χ0v) is 17.1. The van der Waals surface area contributed by atoms with Crippen molar-refractivity contribution in [1.82, 2.24) is 4.90 Å². The molecular weight excluding hydrogens is 354 g/mol. The van der Waals surface area contributed by atoms with Gasteiger partial charge in [-0.25, -0.2) is 0 Å². The van der Waals surface area contributed by atoms with Gasteiger partial charge in [0.15, 0.2) is 0 Å². The van der Waals surface area contributed by atoms with Gasteiger partial charge in [0.2, 0.25) is 5.91 Å². The molecule has 0 bridgehead atoms. The normalized spacial score (nSPS) is 14.6. The van der Waals surface area contributed by atoms with E-state index in [1.165, 1.54) is 11.3 Å². The fourth-order valence-corrected chi connectivity index (χ4v) is 3.51. The van der Waals surface area contributed by atoms with Crippen LogP contribution in [0.15, 0.2) is 36.4 Å². The van der Waals surface area contributed by atoms with Gasteiger partial charge in [-0.3, -0.25) is 4.79 Å². The largest absolute Gasteiger partial charge is 0.497 e. The molecule has 2 aromatic carbocycles. The van der Waals surface area contributed by atoms with E-state index in [2.05, 4.69) is 35.2 Å². The summed E-state index contributed by atoms with van der Waals surface area (Å²) < 4.78 is 10.6. The second kappa shape index (κ2) is 8.97. The standard InChI is InChI=1S/C22H29N3O3/c1-16-13-18(6-8-20(16)25-11-9-24(2)10-12-25)23-22(26)14-17-5-7-19(27-3)15-21(17)28-4/h5-8,13,15H,9-12,14H2,1-4H3,(H,23,26). The molecule has 0 unspecified atom stereocenters. The first-order chi connectivity index (χ1) is 13.5. The third-order valence-corrected chi connectivity index (χ3v) is 5.17. The first-order valence-corrected chi connectivity index (χ1v) is 9.55. The molecule has 0 radical (unpaired) electrons. The molecular formula is C22H29N3O3. The summed E-state index contributed by atoms with van der Waals surface area (Å²) in [4.78, 5) is 17.3. The van der Waals surface area contributed by atoms with Crippen LogP contribution in [-0.2, 0) is 11.2 Å². The van der Waals surface area contributed by atoms with Crippen molar-refractivity contribution in [3.8, 4) is 11.5 Å². The van der Waals surface area contributed by atoms with Crippen molar-refractivity contribution in [3.63, 3.8) is 0 Å². The third kappa shape index (κ3) is 4.75. The van der Waals surface area contributed by atoms with Crippen LogP contribution in [0.5, 0.6) is 11.5 Å². The molecule has 1 N–H and O–H groups in total. The van der Waals surface area contributed by atoms with Crippen LogP contribution in [0.2, 0.25) is 0 Å². The smallest absolute Gasteiger partial charge is 0.228 e. The number of piperazine rings is 1. The van der Waals surface area contributed by atoms with E-state index >= 15 is 0 Å². The number of nitrogens with one attached hydrogen (secondary N) is 1. The van der Waals surface area contributed by atoms with Gasteiger partial charge in [-0.2, -0.15) is 0 Å². The predicted molar refractivity (Wildman–Crippen MR) is 113 cm³/mol. The Morgan fingerprint density at radius 1 is 1.04 bits per heavy atom. The molecule has 6 nitrogen and oxygen atoms in total. The first kappa shape index (κ1) is 20.0. The molecule has 0 aromatic heterocycles. The number of methoxy groups -OCH3 is 2. The number of carbonyl (C=O) groups excluding carboxylic acids is 1. The highest BCUT2D eigenvalue weighted by Gasteiger charge is 2.16. The predicted octanol–water partition coefficient (Wildman–Crippen LogP) is 2.95. The third-order valence-electron chi connectivity index (χ3n) is 5.17. The number of carbonyl (C=O) groups is 1. The number of benzene rings is 2. The van der Waals surface area contributed by atoms with Crippen LogP contribution in [0.3, 0.4) is 0 Å². The molecule has 0 saturated carbocycles. The van der Waals surface area contributed by atoms with E-state index in [9.17, 15) is 4.79 Å². The van der Waals surface area contributed by atoms with Crippen LogP contribution in [0.25, 0.3) is 0 Å². The highest BCUT2D eigenvalue weighted by Crippen LogP contribution is 2.27. The average molecular weight is 383 g/mol.